The number of hydrogen-bond donors (Lipinski definition) is 0. The first-order valence-electron chi connectivity index (χ1n) is 9.05. The summed E-state index contributed by atoms with van der Waals surface area (Å²) in [5, 5.41) is 12.2. The molecule has 0 amide bonds. The number of hydrogen-bond acceptors (Lipinski definition) is 6. The second kappa shape index (κ2) is 7.51. The zero-order valence-corrected chi connectivity index (χ0v) is 17.3. The van der Waals surface area contributed by atoms with Gasteiger partial charge in [-0.15, -0.1) is 21.5 Å². The minimum absolute atomic E-state index is 0.0188. The molecular weight excluding hydrogens is 416 g/mol. The zero-order chi connectivity index (χ0) is 19.1. The van der Waals surface area contributed by atoms with E-state index >= 15 is 0 Å². The molecule has 6 nitrogen and oxygen atoms in total. The highest BCUT2D eigenvalue weighted by Crippen LogP contribution is 2.27. The van der Waals surface area contributed by atoms with E-state index in [-0.39, 0.29) is 11.7 Å². The molecule has 9 heteroatoms. The Bertz CT molecular complexity index is 1190. The summed E-state index contributed by atoms with van der Waals surface area (Å²) in [6.45, 7) is 1.27. The number of fused-ring (bicyclic) bond motifs is 3. The topological polar surface area (TPSA) is 61.4 Å². The van der Waals surface area contributed by atoms with Crippen LogP contribution in [0.5, 0.6) is 0 Å². The first-order chi connectivity index (χ1) is 13.7. The Kier molecular flexibility index (Phi) is 4.88. The maximum absolute atomic E-state index is 13.0. The number of halogens is 1. The quantitative estimate of drug-likeness (QED) is 0.441. The van der Waals surface area contributed by atoms with Gasteiger partial charge >= 0.3 is 0 Å². The highest BCUT2D eigenvalue weighted by atomic mass is 35.5. The van der Waals surface area contributed by atoms with Crippen LogP contribution in [0.4, 0.5) is 0 Å². The van der Waals surface area contributed by atoms with E-state index in [1.54, 1.807) is 16.3 Å². The molecular formula is C19H17ClN4O2S2. The van der Waals surface area contributed by atoms with Gasteiger partial charge in [0.2, 0.25) is 5.78 Å². The molecule has 1 atom stereocenters. The second-order valence-electron chi connectivity index (χ2n) is 6.72. The predicted molar refractivity (Wildman–Crippen MR) is 113 cm³/mol. The van der Waals surface area contributed by atoms with Gasteiger partial charge in [-0.25, -0.2) is 0 Å². The molecule has 0 bridgehead atoms. The molecule has 0 saturated carbocycles. The molecule has 1 aliphatic heterocycles. The number of benzene rings is 1. The van der Waals surface area contributed by atoms with Crippen molar-refractivity contribution in [2.24, 2.45) is 0 Å². The first kappa shape index (κ1) is 18.2. The first-order valence-corrected chi connectivity index (χ1v) is 11.3. The lowest BCUT2D eigenvalue weighted by molar-refractivity contribution is 0.0969. The largest absolute Gasteiger partial charge is 0.376 e. The monoisotopic (exact) mass is 432 g/mol. The SMILES string of the molecule is O=c1c2sccc2n2c(SCc3ccc(Cl)cc3)nnc2n1C[C@@H]1CCCO1. The average Bonchev–Trinajstić information content (AvgIpc) is 3.44. The molecule has 0 unspecified atom stereocenters. The fraction of sp³-hybridized carbons (Fsp3) is 0.316. The van der Waals surface area contributed by atoms with E-state index in [0.717, 1.165) is 51.2 Å². The third-order valence-corrected chi connectivity index (χ3v) is 7.02. The lowest BCUT2D eigenvalue weighted by Gasteiger charge is -2.13. The van der Waals surface area contributed by atoms with Crippen molar-refractivity contribution in [2.75, 3.05) is 6.61 Å². The van der Waals surface area contributed by atoms with Crippen molar-refractivity contribution < 1.29 is 4.74 Å². The van der Waals surface area contributed by atoms with E-state index in [0.29, 0.717) is 12.3 Å². The van der Waals surface area contributed by atoms with Crippen LogP contribution in [0.15, 0.2) is 45.7 Å². The van der Waals surface area contributed by atoms with Gasteiger partial charge in [0.1, 0.15) is 4.70 Å². The van der Waals surface area contributed by atoms with E-state index in [4.69, 9.17) is 16.3 Å². The van der Waals surface area contributed by atoms with Crippen LogP contribution in [0.3, 0.4) is 0 Å². The third kappa shape index (κ3) is 3.24. The number of aromatic nitrogens is 4. The predicted octanol–water partition coefficient (Wildman–Crippen LogP) is 4.23. The maximum Gasteiger partial charge on any atom is 0.272 e. The third-order valence-electron chi connectivity index (χ3n) is 4.87. The average molecular weight is 433 g/mol. The van der Waals surface area contributed by atoms with Crippen molar-refractivity contribution in [3.8, 4) is 0 Å². The van der Waals surface area contributed by atoms with Crippen molar-refractivity contribution in [2.45, 2.75) is 36.4 Å². The summed E-state index contributed by atoms with van der Waals surface area (Å²) in [6.07, 6.45) is 2.06. The molecule has 1 fully saturated rings. The van der Waals surface area contributed by atoms with Crippen LogP contribution >= 0.6 is 34.7 Å². The number of ether oxygens (including phenoxy) is 1. The minimum atomic E-state index is -0.0188. The molecule has 0 radical (unpaired) electrons. The van der Waals surface area contributed by atoms with Gasteiger partial charge in [-0.1, -0.05) is 35.5 Å². The highest BCUT2D eigenvalue weighted by molar-refractivity contribution is 7.98. The van der Waals surface area contributed by atoms with Gasteiger partial charge in [0.05, 0.1) is 18.2 Å². The van der Waals surface area contributed by atoms with Gasteiger partial charge in [0, 0.05) is 17.4 Å². The Labute approximate surface area is 174 Å². The van der Waals surface area contributed by atoms with Crippen LogP contribution < -0.4 is 5.56 Å². The van der Waals surface area contributed by atoms with E-state index in [9.17, 15) is 4.79 Å². The Morgan fingerprint density at radius 1 is 1.25 bits per heavy atom. The highest BCUT2D eigenvalue weighted by Gasteiger charge is 2.22. The summed E-state index contributed by atoms with van der Waals surface area (Å²) in [7, 11) is 0. The van der Waals surface area contributed by atoms with Crippen LogP contribution in [0.25, 0.3) is 16.0 Å². The molecule has 0 aliphatic carbocycles. The zero-order valence-electron chi connectivity index (χ0n) is 14.9. The van der Waals surface area contributed by atoms with E-state index in [1.807, 2.05) is 40.1 Å². The molecule has 1 saturated heterocycles. The Hall–Kier alpha value is -1.87. The van der Waals surface area contributed by atoms with Crippen LogP contribution in [-0.2, 0) is 17.0 Å². The van der Waals surface area contributed by atoms with E-state index in [2.05, 4.69) is 10.2 Å². The number of thiophene rings is 1. The lowest BCUT2D eigenvalue weighted by atomic mass is 10.2. The Morgan fingerprint density at radius 2 is 2.11 bits per heavy atom. The van der Waals surface area contributed by atoms with Crippen molar-refractivity contribution >= 4 is 50.7 Å². The Balaban J connectivity index is 1.56. The smallest absolute Gasteiger partial charge is 0.272 e. The van der Waals surface area contributed by atoms with Gasteiger partial charge < -0.3 is 4.74 Å². The van der Waals surface area contributed by atoms with Gasteiger partial charge in [-0.3, -0.25) is 13.8 Å². The van der Waals surface area contributed by atoms with Gasteiger partial charge in [-0.05, 0) is 42.0 Å². The maximum atomic E-state index is 13.0. The van der Waals surface area contributed by atoms with E-state index in [1.165, 1.54) is 11.3 Å². The van der Waals surface area contributed by atoms with Crippen LogP contribution in [0.1, 0.15) is 18.4 Å². The molecule has 5 rings (SSSR count). The van der Waals surface area contributed by atoms with E-state index < -0.39 is 0 Å². The minimum Gasteiger partial charge on any atom is -0.376 e. The summed E-state index contributed by atoms with van der Waals surface area (Å²) in [5.41, 5.74) is 1.99. The standard InChI is InChI=1S/C19H17ClN4O2S2/c20-13-5-3-12(4-6-13)11-28-19-22-21-18-23(10-14-2-1-8-26-14)17(25)16-15(24(18)19)7-9-27-16/h3-7,9,14H,1-2,8,10-11H2/t14-/m0/s1. The number of thioether (sulfide) groups is 1. The molecule has 3 aromatic heterocycles. The van der Waals surface area contributed by atoms with Crippen LogP contribution in [0, 0.1) is 0 Å². The summed E-state index contributed by atoms with van der Waals surface area (Å²) in [5.74, 6) is 1.32. The molecule has 0 spiro atoms. The van der Waals surface area contributed by atoms with Crippen molar-refractivity contribution in [3.05, 3.63) is 56.7 Å². The normalized spacial score (nSPS) is 17.1. The van der Waals surface area contributed by atoms with Gasteiger partial charge in [0.15, 0.2) is 5.16 Å². The summed E-state index contributed by atoms with van der Waals surface area (Å²) < 4.78 is 10.2. The molecule has 4 aromatic rings. The fourth-order valence-electron chi connectivity index (χ4n) is 3.48. The molecule has 0 N–H and O–H groups in total. The van der Waals surface area contributed by atoms with Gasteiger partial charge in [0.25, 0.3) is 5.56 Å². The van der Waals surface area contributed by atoms with Gasteiger partial charge in [-0.2, -0.15) is 0 Å². The molecule has 1 aromatic carbocycles. The summed E-state index contributed by atoms with van der Waals surface area (Å²) in [4.78, 5) is 13.0. The lowest BCUT2D eigenvalue weighted by Crippen LogP contribution is -2.28. The molecule has 28 heavy (non-hydrogen) atoms. The number of nitrogens with zero attached hydrogens (tertiary/aromatic N) is 4. The fourth-order valence-corrected chi connectivity index (χ4v) is 5.32. The van der Waals surface area contributed by atoms with Crippen molar-refractivity contribution in [1.29, 1.82) is 0 Å². The molecule has 1 aliphatic rings. The second-order valence-corrected chi connectivity index (χ2v) is 9.01. The Morgan fingerprint density at radius 3 is 2.89 bits per heavy atom. The van der Waals surface area contributed by atoms with Crippen LogP contribution in [-0.4, -0.2) is 31.9 Å². The molecule has 4 heterocycles. The molecule has 144 valence electrons. The van der Waals surface area contributed by atoms with Crippen molar-refractivity contribution in [3.63, 3.8) is 0 Å². The summed E-state index contributed by atoms with van der Waals surface area (Å²) >= 11 is 9.02. The van der Waals surface area contributed by atoms with Crippen LogP contribution in [0.2, 0.25) is 5.02 Å². The summed E-state index contributed by atoms with van der Waals surface area (Å²) in [6, 6.07) is 9.74. The van der Waals surface area contributed by atoms with Crippen molar-refractivity contribution in [1.82, 2.24) is 19.2 Å². The number of rotatable bonds is 5.